The highest BCUT2D eigenvalue weighted by atomic mass is 16.3. The van der Waals surface area contributed by atoms with Gasteiger partial charge in [-0.25, -0.2) is 0 Å². The Bertz CT molecular complexity index is 796. The summed E-state index contributed by atoms with van der Waals surface area (Å²) in [6.45, 7) is 2.17. The molecule has 0 bridgehead atoms. The molecule has 1 N–H and O–H groups in total. The van der Waals surface area contributed by atoms with Crippen LogP contribution in [0.3, 0.4) is 0 Å². The Labute approximate surface area is 137 Å². The molecule has 0 atom stereocenters. The van der Waals surface area contributed by atoms with E-state index in [1.807, 2.05) is 30.4 Å². The highest BCUT2D eigenvalue weighted by Crippen LogP contribution is 2.22. The summed E-state index contributed by atoms with van der Waals surface area (Å²) >= 11 is 0. The van der Waals surface area contributed by atoms with E-state index in [-0.39, 0.29) is 0 Å². The average Bonchev–Trinajstić information content (AvgIpc) is 2.62. The minimum Gasteiger partial charge on any atom is -0.507 e. The Balaban J connectivity index is 1.77. The number of para-hydroxylation sites is 1. The van der Waals surface area contributed by atoms with E-state index in [1.54, 1.807) is 6.07 Å². The number of phenols is 1. The topological polar surface area (TPSA) is 20.2 Å². The Hall–Kier alpha value is -2.80. The highest BCUT2D eigenvalue weighted by molar-refractivity contribution is 5.74. The zero-order chi connectivity index (χ0) is 16.1. The molecule has 0 aliphatic heterocycles. The van der Waals surface area contributed by atoms with E-state index in [0.29, 0.717) is 5.75 Å². The minimum absolute atomic E-state index is 0.302. The molecule has 0 spiro atoms. The van der Waals surface area contributed by atoms with Crippen molar-refractivity contribution < 1.29 is 5.11 Å². The van der Waals surface area contributed by atoms with Crippen LogP contribution in [0.5, 0.6) is 5.75 Å². The molecule has 114 valence electrons. The molecule has 3 aromatic carbocycles. The summed E-state index contributed by atoms with van der Waals surface area (Å²) in [6.07, 6.45) is 5.01. The van der Waals surface area contributed by atoms with E-state index < -0.39 is 0 Å². The van der Waals surface area contributed by atoms with Crippen LogP contribution in [0.15, 0.2) is 72.8 Å². The first-order chi connectivity index (χ1) is 11.3. The van der Waals surface area contributed by atoms with Crippen molar-refractivity contribution in [2.24, 2.45) is 0 Å². The average molecular weight is 300 g/mol. The van der Waals surface area contributed by atoms with Crippen LogP contribution in [0.4, 0.5) is 0 Å². The van der Waals surface area contributed by atoms with E-state index in [1.165, 1.54) is 16.7 Å². The zero-order valence-electron chi connectivity index (χ0n) is 13.2. The lowest BCUT2D eigenvalue weighted by Crippen LogP contribution is -1.82. The lowest BCUT2D eigenvalue weighted by atomic mass is 10.0. The van der Waals surface area contributed by atoms with Gasteiger partial charge in [-0.2, -0.15) is 0 Å². The van der Waals surface area contributed by atoms with Crippen molar-refractivity contribution in [3.63, 3.8) is 0 Å². The van der Waals surface area contributed by atoms with Gasteiger partial charge in [-0.3, -0.25) is 0 Å². The fourth-order valence-corrected chi connectivity index (χ4v) is 2.53. The number of phenolic OH excluding ortho intramolecular Hbond substituents is 1. The number of hydrogen-bond acceptors (Lipinski definition) is 1. The van der Waals surface area contributed by atoms with Crippen molar-refractivity contribution in [3.8, 4) is 16.9 Å². The van der Waals surface area contributed by atoms with Crippen LogP contribution < -0.4 is 0 Å². The largest absolute Gasteiger partial charge is 0.507 e. The maximum absolute atomic E-state index is 9.77. The van der Waals surface area contributed by atoms with E-state index in [0.717, 1.165) is 17.5 Å². The highest BCUT2D eigenvalue weighted by Gasteiger charge is 1.98. The first-order valence-corrected chi connectivity index (χ1v) is 7.92. The van der Waals surface area contributed by atoms with Crippen LogP contribution in [0.1, 0.15) is 23.6 Å². The van der Waals surface area contributed by atoms with Crippen molar-refractivity contribution in [1.29, 1.82) is 0 Å². The third-order valence-electron chi connectivity index (χ3n) is 4.00. The molecule has 0 amide bonds. The molecule has 0 aromatic heterocycles. The van der Waals surface area contributed by atoms with E-state index in [2.05, 4.69) is 55.5 Å². The molecule has 0 aliphatic carbocycles. The third-order valence-corrected chi connectivity index (χ3v) is 4.00. The number of aryl methyl sites for hydroxylation is 1. The van der Waals surface area contributed by atoms with Crippen molar-refractivity contribution in [2.45, 2.75) is 13.3 Å². The fraction of sp³-hybridized carbons (Fsp3) is 0.0909. The molecule has 0 unspecified atom stereocenters. The SMILES string of the molecule is CCc1ccc(-c2ccc(/C=C/c3ccccc3O)cc2)cc1. The van der Waals surface area contributed by atoms with Gasteiger partial charge in [-0.1, -0.05) is 85.8 Å². The summed E-state index contributed by atoms with van der Waals surface area (Å²) in [5, 5.41) is 9.77. The second-order valence-corrected chi connectivity index (χ2v) is 5.56. The summed E-state index contributed by atoms with van der Waals surface area (Å²) in [6, 6.07) is 24.5. The van der Waals surface area contributed by atoms with Gasteiger partial charge in [0.25, 0.3) is 0 Å². The Kier molecular flexibility index (Phi) is 4.58. The molecular weight excluding hydrogens is 280 g/mol. The first-order valence-electron chi connectivity index (χ1n) is 7.92. The summed E-state index contributed by atoms with van der Waals surface area (Å²) < 4.78 is 0. The lowest BCUT2D eigenvalue weighted by Gasteiger charge is -2.04. The smallest absolute Gasteiger partial charge is 0.122 e. The molecule has 23 heavy (non-hydrogen) atoms. The number of rotatable bonds is 4. The molecule has 1 nitrogen and oxygen atoms in total. The second-order valence-electron chi connectivity index (χ2n) is 5.56. The van der Waals surface area contributed by atoms with Gasteiger partial charge < -0.3 is 5.11 Å². The number of hydrogen-bond donors (Lipinski definition) is 1. The summed E-state index contributed by atoms with van der Waals surface area (Å²) in [5.74, 6) is 0.302. The summed E-state index contributed by atoms with van der Waals surface area (Å²) in [4.78, 5) is 0. The monoisotopic (exact) mass is 300 g/mol. The van der Waals surface area contributed by atoms with Crippen molar-refractivity contribution >= 4 is 12.2 Å². The van der Waals surface area contributed by atoms with Gasteiger partial charge in [0.15, 0.2) is 0 Å². The van der Waals surface area contributed by atoms with Crippen LogP contribution in [0, 0.1) is 0 Å². The predicted octanol–water partition coefficient (Wildman–Crippen LogP) is 5.79. The molecule has 0 saturated heterocycles. The lowest BCUT2D eigenvalue weighted by molar-refractivity contribution is 0.474. The van der Waals surface area contributed by atoms with Crippen molar-refractivity contribution in [1.82, 2.24) is 0 Å². The molecule has 0 saturated carbocycles. The molecule has 0 fully saturated rings. The third kappa shape index (κ3) is 3.70. The van der Waals surface area contributed by atoms with Gasteiger partial charge in [-0.05, 0) is 34.7 Å². The van der Waals surface area contributed by atoms with Gasteiger partial charge in [0.05, 0.1) is 0 Å². The molecular formula is C22H20O. The van der Waals surface area contributed by atoms with Gasteiger partial charge in [0.2, 0.25) is 0 Å². The van der Waals surface area contributed by atoms with Crippen LogP contribution in [0.2, 0.25) is 0 Å². The van der Waals surface area contributed by atoms with Crippen LogP contribution in [0.25, 0.3) is 23.3 Å². The summed E-state index contributed by atoms with van der Waals surface area (Å²) in [7, 11) is 0. The van der Waals surface area contributed by atoms with Crippen LogP contribution in [-0.4, -0.2) is 5.11 Å². The fourth-order valence-electron chi connectivity index (χ4n) is 2.53. The zero-order valence-corrected chi connectivity index (χ0v) is 13.2. The molecule has 0 radical (unpaired) electrons. The van der Waals surface area contributed by atoms with Crippen molar-refractivity contribution in [3.05, 3.63) is 89.5 Å². The van der Waals surface area contributed by atoms with E-state index in [9.17, 15) is 5.11 Å². The van der Waals surface area contributed by atoms with E-state index in [4.69, 9.17) is 0 Å². The maximum atomic E-state index is 9.77. The molecule has 3 rings (SSSR count). The number of benzene rings is 3. The van der Waals surface area contributed by atoms with Gasteiger partial charge >= 0.3 is 0 Å². The Morgan fingerprint density at radius 1 is 0.739 bits per heavy atom. The minimum atomic E-state index is 0.302. The first kappa shape index (κ1) is 15.1. The number of aromatic hydroxyl groups is 1. The molecule has 1 heteroatoms. The maximum Gasteiger partial charge on any atom is 0.122 e. The standard InChI is InChI=1S/C22H20O/c1-2-17-7-12-19(13-8-17)20-14-9-18(10-15-20)11-16-21-5-3-4-6-22(21)23/h3-16,23H,2H2,1H3/b16-11+. The molecule has 0 aliphatic rings. The van der Waals surface area contributed by atoms with Crippen LogP contribution in [-0.2, 0) is 6.42 Å². The van der Waals surface area contributed by atoms with Crippen LogP contribution >= 0.6 is 0 Å². The van der Waals surface area contributed by atoms with E-state index >= 15 is 0 Å². The van der Waals surface area contributed by atoms with Gasteiger partial charge in [0, 0.05) is 5.56 Å². The Morgan fingerprint density at radius 2 is 1.35 bits per heavy atom. The normalized spacial score (nSPS) is 11.0. The second kappa shape index (κ2) is 6.97. The van der Waals surface area contributed by atoms with Gasteiger partial charge in [-0.15, -0.1) is 0 Å². The predicted molar refractivity (Wildman–Crippen MR) is 98.3 cm³/mol. The quantitative estimate of drug-likeness (QED) is 0.604. The van der Waals surface area contributed by atoms with Crippen molar-refractivity contribution in [2.75, 3.05) is 0 Å². The molecule has 3 aromatic rings. The summed E-state index contributed by atoms with van der Waals surface area (Å²) in [5.41, 5.74) is 5.75. The Morgan fingerprint density at radius 3 is 1.96 bits per heavy atom. The molecule has 0 heterocycles. The van der Waals surface area contributed by atoms with Gasteiger partial charge in [0.1, 0.15) is 5.75 Å².